The molecule has 0 aliphatic carbocycles. The maximum absolute atomic E-state index is 11.7. The molecule has 3 aromatic rings. The summed E-state index contributed by atoms with van der Waals surface area (Å²) in [7, 11) is 0. The number of carbonyl (C=O) groups excluding carboxylic acids is 1. The first kappa shape index (κ1) is 19.2. The number of amides is 1. The van der Waals surface area contributed by atoms with E-state index in [2.05, 4.69) is 10.1 Å². The molecule has 9 heteroatoms. The predicted molar refractivity (Wildman–Crippen MR) is 108 cm³/mol. The smallest absolute Gasteiger partial charge is 0.235 e. The Kier molecular flexibility index (Phi) is 5.27. The molecule has 2 aromatic heterocycles. The minimum Gasteiger partial charge on any atom is -0.492 e. The Morgan fingerprint density at radius 2 is 2.00 bits per heavy atom. The number of halogens is 1. The van der Waals surface area contributed by atoms with Gasteiger partial charge in [0.05, 0.1) is 26.2 Å². The number of hydrogen-bond donors (Lipinski definition) is 2. The fourth-order valence-corrected chi connectivity index (χ4v) is 5.04. The van der Waals surface area contributed by atoms with E-state index in [1.807, 2.05) is 36.1 Å². The fourth-order valence-electron chi connectivity index (χ4n) is 3.75. The van der Waals surface area contributed by atoms with Crippen LogP contribution < -0.4 is 4.90 Å². The Morgan fingerprint density at radius 3 is 2.57 bits per heavy atom. The molecule has 4 rings (SSSR count). The van der Waals surface area contributed by atoms with Crippen molar-refractivity contribution in [2.45, 2.75) is 26.3 Å². The number of aryl methyl sites for hydroxylation is 1. The van der Waals surface area contributed by atoms with Crippen LogP contribution >= 0.6 is 22.9 Å². The molecule has 1 fully saturated rings. The van der Waals surface area contributed by atoms with Crippen LogP contribution in [0.25, 0.3) is 4.96 Å². The van der Waals surface area contributed by atoms with E-state index in [4.69, 9.17) is 11.6 Å². The molecule has 2 N–H and O–H groups in total. The molecule has 28 heavy (non-hydrogen) atoms. The van der Waals surface area contributed by atoms with Crippen LogP contribution in [0.2, 0.25) is 5.02 Å². The van der Waals surface area contributed by atoms with Gasteiger partial charge in [0.2, 0.25) is 16.7 Å². The van der Waals surface area contributed by atoms with Gasteiger partial charge < -0.3 is 14.9 Å². The van der Waals surface area contributed by atoms with Crippen molar-refractivity contribution in [1.82, 2.24) is 19.5 Å². The summed E-state index contributed by atoms with van der Waals surface area (Å²) in [6, 6.07) is 7.69. The molecule has 1 aromatic carbocycles. The standard InChI is InChI=1S/C19H22ClN5O2S/c1-3-15-21-19-25(22-15)18(27)17(28-19)16(13-4-6-14(20)7-5-13)24-10-8-23(9-11-24)12(2)26/h4-7,16,27H,3,8-11H2,1-2H3/p+1/t16-/m1/s1. The molecule has 3 heterocycles. The number of quaternary nitrogens is 1. The van der Waals surface area contributed by atoms with Crippen LogP contribution in [0, 0.1) is 0 Å². The summed E-state index contributed by atoms with van der Waals surface area (Å²) in [5.74, 6) is 0.975. The van der Waals surface area contributed by atoms with Crippen molar-refractivity contribution in [3.63, 3.8) is 0 Å². The SMILES string of the molecule is CCc1nc2sc([C@@H](c3ccc(Cl)cc3)[NH+]3CCN(C(C)=O)CC3)c(O)n2n1. The second-order valence-electron chi connectivity index (χ2n) is 7.01. The lowest BCUT2D eigenvalue weighted by molar-refractivity contribution is -0.929. The molecule has 0 bridgehead atoms. The summed E-state index contributed by atoms with van der Waals surface area (Å²) in [6.07, 6.45) is 0.724. The highest BCUT2D eigenvalue weighted by atomic mass is 35.5. The molecule has 148 valence electrons. The maximum Gasteiger partial charge on any atom is 0.235 e. The monoisotopic (exact) mass is 420 g/mol. The third-order valence-corrected chi connectivity index (χ3v) is 6.62. The summed E-state index contributed by atoms with van der Waals surface area (Å²) in [4.78, 5) is 20.9. The molecule has 0 spiro atoms. The number of benzene rings is 1. The first-order valence-electron chi connectivity index (χ1n) is 9.40. The van der Waals surface area contributed by atoms with Gasteiger partial charge >= 0.3 is 0 Å². The number of nitrogens with one attached hydrogen (secondary N) is 1. The van der Waals surface area contributed by atoms with Crippen molar-refractivity contribution in [3.8, 4) is 5.88 Å². The zero-order valence-corrected chi connectivity index (χ0v) is 17.4. The van der Waals surface area contributed by atoms with Gasteiger partial charge in [-0.1, -0.05) is 42.0 Å². The van der Waals surface area contributed by atoms with Crippen LogP contribution in [0.15, 0.2) is 24.3 Å². The maximum atomic E-state index is 11.7. The van der Waals surface area contributed by atoms with E-state index in [9.17, 15) is 9.90 Å². The van der Waals surface area contributed by atoms with Crippen molar-refractivity contribution in [3.05, 3.63) is 45.6 Å². The normalized spacial score (nSPS) is 16.6. The fraction of sp³-hybridized carbons (Fsp3) is 0.421. The largest absolute Gasteiger partial charge is 0.492 e. The predicted octanol–water partition coefficient (Wildman–Crippen LogP) is 1.55. The van der Waals surface area contributed by atoms with Crippen LogP contribution in [0.1, 0.15) is 36.2 Å². The molecule has 1 saturated heterocycles. The first-order valence-corrected chi connectivity index (χ1v) is 10.6. The number of piperazine rings is 1. The molecule has 0 saturated carbocycles. The van der Waals surface area contributed by atoms with E-state index in [0.29, 0.717) is 23.1 Å². The molecule has 1 atom stereocenters. The number of carbonyl (C=O) groups is 1. The van der Waals surface area contributed by atoms with E-state index in [0.717, 1.165) is 35.8 Å². The number of aromatic hydroxyl groups is 1. The van der Waals surface area contributed by atoms with E-state index in [1.165, 1.54) is 20.8 Å². The Morgan fingerprint density at radius 1 is 1.32 bits per heavy atom. The third-order valence-electron chi connectivity index (χ3n) is 5.28. The average molecular weight is 421 g/mol. The van der Waals surface area contributed by atoms with Crippen LogP contribution in [-0.4, -0.2) is 56.7 Å². The number of rotatable bonds is 4. The Labute approximate surface area is 172 Å². The van der Waals surface area contributed by atoms with Gasteiger partial charge in [-0.25, -0.2) is 4.98 Å². The minimum absolute atomic E-state index is 0.0649. The number of fused-ring (bicyclic) bond motifs is 1. The topological polar surface area (TPSA) is 75.2 Å². The van der Waals surface area contributed by atoms with Crippen LogP contribution in [0.3, 0.4) is 0 Å². The van der Waals surface area contributed by atoms with Gasteiger partial charge in [0.25, 0.3) is 0 Å². The summed E-state index contributed by atoms with van der Waals surface area (Å²) >= 11 is 7.56. The van der Waals surface area contributed by atoms with Gasteiger partial charge in [0.15, 0.2) is 11.9 Å². The highest BCUT2D eigenvalue weighted by Crippen LogP contribution is 2.35. The lowest BCUT2D eigenvalue weighted by Gasteiger charge is -2.36. The van der Waals surface area contributed by atoms with Crippen LogP contribution in [0.4, 0.5) is 0 Å². The molecule has 0 unspecified atom stereocenters. The molecule has 0 radical (unpaired) electrons. The average Bonchev–Trinajstić information content (AvgIpc) is 3.23. The lowest BCUT2D eigenvalue weighted by Crippen LogP contribution is -3.15. The number of thiazole rings is 1. The lowest BCUT2D eigenvalue weighted by atomic mass is 10.0. The van der Waals surface area contributed by atoms with E-state index < -0.39 is 0 Å². The van der Waals surface area contributed by atoms with Crippen molar-refractivity contribution in [1.29, 1.82) is 0 Å². The van der Waals surface area contributed by atoms with Crippen LogP contribution in [-0.2, 0) is 11.2 Å². The zero-order valence-electron chi connectivity index (χ0n) is 15.9. The second kappa shape index (κ2) is 7.69. The summed E-state index contributed by atoms with van der Waals surface area (Å²) in [5, 5.41) is 16.0. The number of hydrogen-bond acceptors (Lipinski definition) is 5. The van der Waals surface area contributed by atoms with Gasteiger partial charge in [-0.2, -0.15) is 4.52 Å². The molecular formula is C19H23ClN5O2S+. The first-order chi connectivity index (χ1) is 13.5. The number of aromatic nitrogens is 3. The zero-order chi connectivity index (χ0) is 19.8. The Balaban J connectivity index is 1.73. The van der Waals surface area contributed by atoms with Gasteiger partial charge in [-0.3, -0.25) is 4.79 Å². The Bertz CT molecular complexity index is 992. The molecular weight excluding hydrogens is 398 g/mol. The van der Waals surface area contributed by atoms with Gasteiger partial charge in [-0.15, -0.1) is 5.10 Å². The molecule has 7 nitrogen and oxygen atoms in total. The van der Waals surface area contributed by atoms with Crippen LogP contribution in [0.5, 0.6) is 5.88 Å². The van der Waals surface area contributed by atoms with E-state index >= 15 is 0 Å². The summed E-state index contributed by atoms with van der Waals surface area (Å²) in [5.41, 5.74) is 1.08. The van der Waals surface area contributed by atoms with Crippen molar-refractivity contribution in [2.24, 2.45) is 0 Å². The highest BCUT2D eigenvalue weighted by molar-refractivity contribution is 7.17. The highest BCUT2D eigenvalue weighted by Gasteiger charge is 2.35. The third kappa shape index (κ3) is 3.47. The molecule has 1 aliphatic heterocycles. The summed E-state index contributed by atoms with van der Waals surface area (Å²) in [6.45, 7) is 6.62. The van der Waals surface area contributed by atoms with Crippen molar-refractivity contribution in [2.75, 3.05) is 26.2 Å². The minimum atomic E-state index is -0.0649. The molecule has 1 amide bonds. The number of nitrogens with zero attached hydrogens (tertiary/aromatic N) is 4. The second-order valence-corrected chi connectivity index (χ2v) is 8.46. The van der Waals surface area contributed by atoms with Crippen molar-refractivity contribution < 1.29 is 14.8 Å². The van der Waals surface area contributed by atoms with Gasteiger partial charge in [-0.05, 0) is 12.1 Å². The van der Waals surface area contributed by atoms with Gasteiger partial charge in [0.1, 0.15) is 4.88 Å². The van der Waals surface area contributed by atoms with E-state index in [1.54, 1.807) is 6.92 Å². The summed E-state index contributed by atoms with van der Waals surface area (Å²) < 4.78 is 1.53. The van der Waals surface area contributed by atoms with Crippen molar-refractivity contribution >= 4 is 33.8 Å². The van der Waals surface area contributed by atoms with Gasteiger partial charge in [0, 0.05) is 23.9 Å². The molecule has 1 aliphatic rings. The van der Waals surface area contributed by atoms with E-state index in [-0.39, 0.29) is 17.8 Å². The quantitative estimate of drug-likeness (QED) is 0.671. The Hall–Kier alpha value is -2.16.